The molecule has 20 heavy (non-hydrogen) atoms. The highest BCUT2D eigenvalue weighted by Gasteiger charge is 2.30. The average molecular weight is 275 g/mol. The largest absolute Gasteiger partial charge is 0.468 e. The minimum absolute atomic E-state index is 0.767. The molecule has 0 aromatic carbocycles. The number of piperazine rings is 1. The molecule has 4 rings (SSSR count). The lowest BCUT2D eigenvalue weighted by atomic mass is 10.1. The molecule has 2 aliphatic heterocycles. The molecular formula is C16H25N3O. The normalized spacial score (nSPS) is 27.9. The van der Waals surface area contributed by atoms with Gasteiger partial charge in [0.05, 0.1) is 12.8 Å². The molecule has 1 aromatic heterocycles. The van der Waals surface area contributed by atoms with E-state index in [0.717, 1.165) is 30.9 Å². The van der Waals surface area contributed by atoms with E-state index in [9.17, 15) is 0 Å². The summed E-state index contributed by atoms with van der Waals surface area (Å²) >= 11 is 0. The Morgan fingerprint density at radius 3 is 3.05 bits per heavy atom. The quantitative estimate of drug-likeness (QED) is 0.888. The van der Waals surface area contributed by atoms with Crippen molar-refractivity contribution in [2.24, 2.45) is 0 Å². The fourth-order valence-electron chi connectivity index (χ4n) is 3.57. The Kier molecular flexibility index (Phi) is 3.54. The molecule has 4 nitrogen and oxygen atoms in total. The maximum Gasteiger partial charge on any atom is 0.118 e. The molecule has 1 atom stereocenters. The van der Waals surface area contributed by atoms with E-state index >= 15 is 0 Å². The van der Waals surface area contributed by atoms with Gasteiger partial charge in [0.15, 0.2) is 0 Å². The van der Waals surface area contributed by atoms with Crippen molar-refractivity contribution >= 4 is 0 Å². The van der Waals surface area contributed by atoms with E-state index in [2.05, 4.69) is 21.2 Å². The molecule has 1 unspecified atom stereocenters. The predicted molar refractivity (Wildman–Crippen MR) is 78.4 cm³/mol. The first-order valence-electron chi connectivity index (χ1n) is 8.13. The van der Waals surface area contributed by atoms with E-state index in [-0.39, 0.29) is 0 Å². The maximum atomic E-state index is 5.74. The van der Waals surface area contributed by atoms with Gasteiger partial charge in [0, 0.05) is 43.8 Å². The van der Waals surface area contributed by atoms with Gasteiger partial charge >= 0.3 is 0 Å². The molecule has 1 N–H and O–H groups in total. The van der Waals surface area contributed by atoms with Gasteiger partial charge in [-0.25, -0.2) is 0 Å². The van der Waals surface area contributed by atoms with Crippen LogP contribution in [0.4, 0.5) is 0 Å². The van der Waals surface area contributed by atoms with Crippen molar-refractivity contribution in [2.45, 2.75) is 50.9 Å². The number of rotatable bonds is 5. The van der Waals surface area contributed by atoms with Crippen LogP contribution >= 0.6 is 0 Å². The van der Waals surface area contributed by atoms with Gasteiger partial charge in [0.1, 0.15) is 5.76 Å². The SMILES string of the molecule is c1oc(CN2CCN3CCCC3C2)cc1CNC1CC1. The minimum Gasteiger partial charge on any atom is -0.468 e. The van der Waals surface area contributed by atoms with E-state index in [1.807, 2.05) is 6.26 Å². The van der Waals surface area contributed by atoms with Crippen LogP contribution in [0.25, 0.3) is 0 Å². The van der Waals surface area contributed by atoms with E-state index in [4.69, 9.17) is 4.42 Å². The molecule has 0 bridgehead atoms. The summed E-state index contributed by atoms with van der Waals surface area (Å²) in [5.74, 6) is 1.13. The third-order valence-electron chi connectivity index (χ3n) is 4.93. The second kappa shape index (κ2) is 5.51. The summed E-state index contributed by atoms with van der Waals surface area (Å²) in [5.41, 5.74) is 1.30. The monoisotopic (exact) mass is 275 g/mol. The summed E-state index contributed by atoms with van der Waals surface area (Å²) in [6.45, 7) is 6.90. The molecule has 1 saturated carbocycles. The highest BCUT2D eigenvalue weighted by atomic mass is 16.3. The second-order valence-corrected chi connectivity index (χ2v) is 6.64. The van der Waals surface area contributed by atoms with E-state index < -0.39 is 0 Å². The lowest BCUT2D eigenvalue weighted by Crippen LogP contribution is -2.49. The van der Waals surface area contributed by atoms with Crippen LogP contribution in [0.1, 0.15) is 37.0 Å². The van der Waals surface area contributed by atoms with Crippen LogP contribution in [0.2, 0.25) is 0 Å². The van der Waals surface area contributed by atoms with Crippen molar-refractivity contribution in [3.63, 3.8) is 0 Å². The molecule has 0 spiro atoms. The molecule has 1 aliphatic carbocycles. The van der Waals surface area contributed by atoms with Crippen molar-refractivity contribution in [3.8, 4) is 0 Å². The van der Waals surface area contributed by atoms with Crippen molar-refractivity contribution in [2.75, 3.05) is 26.2 Å². The zero-order valence-corrected chi connectivity index (χ0v) is 12.2. The summed E-state index contributed by atoms with van der Waals surface area (Å²) in [6, 6.07) is 3.80. The topological polar surface area (TPSA) is 31.7 Å². The summed E-state index contributed by atoms with van der Waals surface area (Å²) in [5, 5.41) is 3.54. The van der Waals surface area contributed by atoms with Gasteiger partial charge < -0.3 is 9.73 Å². The van der Waals surface area contributed by atoms with Gasteiger partial charge in [-0.2, -0.15) is 0 Å². The molecule has 4 heteroatoms. The van der Waals surface area contributed by atoms with Crippen LogP contribution < -0.4 is 5.32 Å². The fraction of sp³-hybridized carbons (Fsp3) is 0.750. The standard InChI is InChI=1S/C16H25N3O/c1-2-15-10-18(6-7-19(15)5-1)11-16-8-13(12-20-16)9-17-14-3-4-14/h8,12,14-15,17H,1-7,9-11H2. The first kappa shape index (κ1) is 12.9. The molecule has 3 heterocycles. The molecule has 2 saturated heterocycles. The molecule has 1 aromatic rings. The third-order valence-corrected chi connectivity index (χ3v) is 4.93. The molecule has 110 valence electrons. The van der Waals surface area contributed by atoms with Crippen LogP contribution in [-0.4, -0.2) is 48.1 Å². The Labute approximate surface area is 121 Å². The predicted octanol–water partition coefficient (Wildman–Crippen LogP) is 1.81. The first-order valence-corrected chi connectivity index (χ1v) is 8.13. The lowest BCUT2D eigenvalue weighted by molar-refractivity contribution is 0.0941. The minimum atomic E-state index is 0.767. The maximum absolute atomic E-state index is 5.74. The van der Waals surface area contributed by atoms with E-state index in [1.165, 1.54) is 57.4 Å². The van der Waals surface area contributed by atoms with Gasteiger partial charge in [0.25, 0.3) is 0 Å². The van der Waals surface area contributed by atoms with Gasteiger partial charge in [-0.05, 0) is 38.3 Å². The van der Waals surface area contributed by atoms with Crippen molar-refractivity contribution < 1.29 is 4.42 Å². The lowest BCUT2D eigenvalue weighted by Gasteiger charge is -2.37. The van der Waals surface area contributed by atoms with Gasteiger partial charge in [-0.3, -0.25) is 9.80 Å². The Balaban J connectivity index is 1.29. The van der Waals surface area contributed by atoms with E-state index in [0.29, 0.717) is 0 Å². The molecule has 3 fully saturated rings. The van der Waals surface area contributed by atoms with E-state index in [1.54, 1.807) is 0 Å². The molecule has 0 amide bonds. The van der Waals surface area contributed by atoms with Crippen LogP contribution in [0, 0.1) is 0 Å². The Bertz CT molecular complexity index is 454. The van der Waals surface area contributed by atoms with Crippen molar-refractivity contribution in [1.29, 1.82) is 0 Å². The summed E-state index contributed by atoms with van der Waals surface area (Å²) in [4.78, 5) is 5.22. The van der Waals surface area contributed by atoms with Crippen LogP contribution in [0.3, 0.4) is 0 Å². The number of nitrogens with zero attached hydrogens (tertiary/aromatic N) is 2. The Morgan fingerprint density at radius 2 is 2.15 bits per heavy atom. The van der Waals surface area contributed by atoms with Crippen molar-refractivity contribution in [3.05, 3.63) is 23.7 Å². The Hall–Kier alpha value is -0.840. The number of furan rings is 1. The Morgan fingerprint density at radius 1 is 1.20 bits per heavy atom. The number of fused-ring (bicyclic) bond motifs is 1. The van der Waals surface area contributed by atoms with Gasteiger partial charge in [-0.1, -0.05) is 0 Å². The van der Waals surface area contributed by atoms with Gasteiger partial charge in [0.2, 0.25) is 0 Å². The van der Waals surface area contributed by atoms with Gasteiger partial charge in [-0.15, -0.1) is 0 Å². The molecule has 0 radical (unpaired) electrons. The molecule has 3 aliphatic rings. The highest BCUT2D eigenvalue weighted by Crippen LogP contribution is 2.23. The fourth-order valence-corrected chi connectivity index (χ4v) is 3.57. The van der Waals surface area contributed by atoms with Crippen LogP contribution in [0.15, 0.2) is 16.7 Å². The highest BCUT2D eigenvalue weighted by molar-refractivity contribution is 5.13. The second-order valence-electron chi connectivity index (χ2n) is 6.64. The zero-order valence-electron chi connectivity index (χ0n) is 12.2. The number of hydrogen-bond donors (Lipinski definition) is 1. The van der Waals surface area contributed by atoms with Crippen LogP contribution in [0.5, 0.6) is 0 Å². The summed E-state index contributed by atoms with van der Waals surface area (Å²) < 4.78 is 5.74. The third kappa shape index (κ3) is 2.92. The zero-order chi connectivity index (χ0) is 13.4. The number of hydrogen-bond acceptors (Lipinski definition) is 4. The smallest absolute Gasteiger partial charge is 0.118 e. The summed E-state index contributed by atoms with van der Waals surface area (Å²) in [7, 11) is 0. The van der Waals surface area contributed by atoms with Crippen LogP contribution in [-0.2, 0) is 13.1 Å². The molecular weight excluding hydrogens is 250 g/mol. The average Bonchev–Trinajstić information content (AvgIpc) is 2.99. The van der Waals surface area contributed by atoms with Crippen molar-refractivity contribution in [1.82, 2.24) is 15.1 Å². The summed E-state index contributed by atoms with van der Waals surface area (Å²) in [6.07, 6.45) is 7.38. The number of nitrogens with one attached hydrogen (secondary N) is 1. The first-order chi connectivity index (χ1) is 9.87.